The van der Waals surface area contributed by atoms with Gasteiger partial charge in [-0.05, 0) is 72.4 Å². The molecule has 2 nitrogen and oxygen atoms in total. The maximum absolute atomic E-state index is 7.61. The van der Waals surface area contributed by atoms with Crippen LogP contribution in [0.15, 0.2) is 158 Å². The molecule has 0 amide bonds. The minimum Gasteiger partial charge on any atom is -0.398 e. The van der Waals surface area contributed by atoms with E-state index >= 15 is 0 Å². The largest absolute Gasteiger partial charge is 0.398 e. The minimum atomic E-state index is 0.782. The van der Waals surface area contributed by atoms with E-state index in [9.17, 15) is 0 Å². The second-order valence-electron chi connectivity index (χ2n) is 12.0. The maximum atomic E-state index is 7.61. The third-order valence-corrected chi connectivity index (χ3v) is 9.52. The number of nitrogen functional groups attached to an aromatic ring is 2. The molecule has 216 valence electrons. The van der Waals surface area contributed by atoms with Crippen LogP contribution < -0.4 is 11.5 Å². The molecule has 9 aromatic carbocycles. The van der Waals surface area contributed by atoms with Crippen LogP contribution in [0.4, 0.5) is 11.4 Å². The molecule has 4 N–H and O–H groups in total. The summed E-state index contributed by atoms with van der Waals surface area (Å²) in [5.41, 5.74) is 24.9. The highest BCUT2D eigenvalue weighted by Crippen LogP contribution is 2.55. The molecule has 0 aliphatic carbocycles. The van der Waals surface area contributed by atoms with Crippen LogP contribution in [-0.2, 0) is 0 Å². The van der Waals surface area contributed by atoms with E-state index in [0.29, 0.717) is 0 Å². The lowest BCUT2D eigenvalue weighted by Gasteiger charge is -2.26. The van der Waals surface area contributed by atoms with Crippen LogP contribution in [0.5, 0.6) is 0 Å². The normalized spacial score (nSPS) is 11.7. The Morgan fingerprint density at radius 3 is 1.43 bits per heavy atom. The molecule has 0 heterocycles. The third kappa shape index (κ3) is 3.77. The van der Waals surface area contributed by atoms with Gasteiger partial charge in [-0.2, -0.15) is 0 Å². The van der Waals surface area contributed by atoms with E-state index in [0.717, 1.165) is 66.7 Å². The van der Waals surface area contributed by atoms with Crippen LogP contribution >= 0.6 is 0 Å². The summed E-state index contributed by atoms with van der Waals surface area (Å²) in [4.78, 5) is 0. The highest BCUT2D eigenvalue weighted by molar-refractivity contribution is 6.41. The number of benzene rings is 9. The second kappa shape index (κ2) is 10.2. The van der Waals surface area contributed by atoms with Gasteiger partial charge in [-0.25, -0.2) is 0 Å². The van der Waals surface area contributed by atoms with Crippen molar-refractivity contribution in [3.63, 3.8) is 0 Å². The van der Waals surface area contributed by atoms with E-state index in [4.69, 9.17) is 11.5 Å². The molecule has 0 aliphatic heterocycles. The topological polar surface area (TPSA) is 52.0 Å². The van der Waals surface area contributed by atoms with E-state index in [2.05, 4.69) is 152 Å². The zero-order valence-corrected chi connectivity index (χ0v) is 25.2. The molecule has 9 aromatic rings. The van der Waals surface area contributed by atoms with Crippen LogP contribution in [-0.4, -0.2) is 0 Å². The zero-order valence-electron chi connectivity index (χ0n) is 25.2. The highest BCUT2D eigenvalue weighted by Gasteiger charge is 2.27. The van der Waals surface area contributed by atoms with Gasteiger partial charge in [-0.3, -0.25) is 0 Å². The molecule has 0 radical (unpaired) electrons. The maximum Gasteiger partial charge on any atom is 0.0486 e. The van der Waals surface area contributed by atoms with Crippen LogP contribution in [0.2, 0.25) is 0 Å². The molecule has 0 bridgehead atoms. The summed E-state index contributed by atoms with van der Waals surface area (Å²) in [5, 5.41) is 9.25. The fraction of sp³-hybridized carbons (Fsp3) is 0. The van der Waals surface area contributed by atoms with E-state index in [1.807, 2.05) is 6.07 Å². The van der Waals surface area contributed by atoms with Crippen molar-refractivity contribution < 1.29 is 0 Å². The third-order valence-electron chi connectivity index (χ3n) is 9.52. The van der Waals surface area contributed by atoms with E-state index in [-0.39, 0.29) is 0 Å². The Bertz CT molecular complexity index is 2560. The standard InChI is InChI=1S/C44H30N2/c45-36-25-24-31-35-26-34(27-14-5-1-6-15-27)37(28-16-7-2-8-17-28)43-42(35)41(33-23-13-22-32(36)40(31)33)38(29-18-9-3-10-19-29)39(44(43)46)30-20-11-4-12-21-30/h1-26H,45-46H2. The van der Waals surface area contributed by atoms with Gasteiger partial charge >= 0.3 is 0 Å². The number of hydrogen-bond acceptors (Lipinski definition) is 2. The van der Waals surface area contributed by atoms with Crippen molar-refractivity contribution in [2.75, 3.05) is 11.5 Å². The predicted molar refractivity (Wildman–Crippen MR) is 198 cm³/mol. The molecule has 0 atom stereocenters. The number of nitrogens with two attached hydrogens (primary N) is 2. The van der Waals surface area contributed by atoms with Crippen LogP contribution in [0, 0.1) is 0 Å². The Hall–Kier alpha value is -6.12. The van der Waals surface area contributed by atoms with E-state index in [1.165, 1.54) is 32.3 Å². The fourth-order valence-corrected chi connectivity index (χ4v) is 7.61. The summed E-state index contributed by atoms with van der Waals surface area (Å²) >= 11 is 0. The van der Waals surface area contributed by atoms with Gasteiger partial charge in [0, 0.05) is 38.7 Å². The van der Waals surface area contributed by atoms with Gasteiger partial charge in [0.2, 0.25) is 0 Å². The minimum absolute atomic E-state index is 0.782. The lowest BCUT2D eigenvalue weighted by atomic mass is 9.77. The molecule has 0 unspecified atom stereocenters. The van der Waals surface area contributed by atoms with Crippen LogP contribution in [0.25, 0.3) is 87.6 Å². The summed E-state index contributed by atoms with van der Waals surface area (Å²) in [6.07, 6.45) is 0. The van der Waals surface area contributed by atoms with Gasteiger partial charge in [-0.1, -0.05) is 146 Å². The molecule has 0 spiro atoms. The van der Waals surface area contributed by atoms with Gasteiger partial charge < -0.3 is 11.5 Å². The zero-order chi connectivity index (χ0) is 30.8. The van der Waals surface area contributed by atoms with E-state index in [1.54, 1.807) is 0 Å². The Morgan fingerprint density at radius 2 is 0.826 bits per heavy atom. The molecule has 0 aliphatic rings. The van der Waals surface area contributed by atoms with Crippen molar-refractivity contribution in [3.05, 3.63) is 158 Å². The molecule has 2 heteroatoms. The van der Waals surface area contributed by atoms with Crippen molar-refractivity contribution in [3.8, 4) is 44.5 Å². The van der Waals surface area contributed by atoms with Crippen molar-refractivity contribution in [1.29, 1.82) is 0 Å². The Morgan fingerprint density at radius 1 is 0.304 bits per heavy atom. The molecule has 0 fully saturated rings. The quantitative estimate of drug-likeness (QED) is 0.122. The summed E-state index contributed by atoms with van der Waals surface area (Å²) in [7, 11) is 0. The SMILES string of the molecule is Nc1ccc2c3cc(-c4ccccc4)c(-c4ccccc4)c4c(N)c(-c5ccccc5)c(-c5ccccc5)c(c5cccc1c25)c43. The lowest BCUT2D eigenvalue weighted by molar-refractivity contribution is 1.60. The monoisotopic (exact) mass is 586 g/mol. The summed E-state index contributed by atoms with van der Waals surface area (Å²) < 4.78 is 0. The first-order valence-corrected chi connectivity index (χ1v) is 15.7. The van der Waals surface area contributed by atoms with E-state index < -0.39 is 0 Å². The Kier molecular flexibility index (Phi) is 5.84. The number of fused-ring (bicyclic) bond motifs is 2. The molecule has 0 saturated carbocycles. The first-order chi connectivity index (χ1) is 22.7. The molecule has 46 heavy (non-hydrogen) atoms. The molecule has 9 rings (SSSR count). The smallest absolute Gasteiger partial charge is 0.0486 e. The Balaban J connectivity index is 1.66. The molecular weight excluding hydrogens is 556 g/mol. The van der Waals surface area contributed by atoms with Gasteiger partial charge in [-0.15, -0.1) is 0 Å². The first kappa shape index (κ1) is 26.3. The number of rotatable bonds is 4. The predicted octanol–water partition coefficient (Wildman–Crippen LogP) is 11.6. The average molecular weight is 587 g/mol. The van der Waals surface area contributed by atoms with Crippen LogP contribution in [0.3, 0.4) is 0 Å². The summed E-state index contributed by atoms with van der Waals surface area (Å²) in [5.74, 6) is 0. The molecule has 0 saturated heterocycles. The Labute approximate surface area is 267 Å². The fourth-order valence-electron chi connectivity index (χ4n) is 7.61. The molecular formula is C44H30N2. The van der Waals surface area contributed by atoms with Gasteiger partial charge in [0.25, 0.3) is 0 Å². The molecule has 0 aromatic heterocycles. The number of hydrogen-bond donors (Lipinski definition) is 2. The summed E-state index contributed by atoms with van der Waals surface area (Å²) in [6.45, 7) is 0. The van der Waals surface area contributed by atoms with Crippen molar-refractivity contribution in [1.82, 2.24) is 0 Å². The number of anilines is 2. The van der Waals surface area contributed by atoms with Gasteiger partial charge in [0.05, 0.1) is 0 Å². The van der Waals surface area contributed by atoms with Crippen molar-refractivity contribution >= 4 is 54.5 Å². The highest BCUT2D eigenvalue weighted by atomic mass is 14.6. The van der Waals surface area contributed by atoms with Crippen LogP contribution in [0.1, 0.15) is 0 Å². The average Bonchev–Trinajstić information content (AvgIpc) is 3.12. The van der Waals surface area contributed by atoms with Gasteiger partial charge in [0.1, 0.15) is 0 Å². The van der Waals surface area contributed by atoms with Crippen molar-refractivity contribution in [2.24, 2.45) is 0 Å². The summed E-state index contributed by atoms with van der Waals surface area (Å²) in [6, 6.07) is 55.9. The lowest BCUT2D eigenvalue weighted by Crippen LogP contribution is -2.02. The van der Waals surface area contributed by atoms with Crippen molar-refractivity contribution in [2.45, 2.75) is 0 Å². The second-order valence-corrected chi connectivity index (χ2v) is 12.0. The first-order valence-electron chi connectivity index (χ1n) is 15.7. The van der Waals surface area contributed by atoms with Gasteiger partial charge in [0.15, 0.2) is 0 Å².